The van der Waals surface area contributed by atoms with Gasteiger partial charge in [0.2, 0.25) is 0 Å². The normalized spacial score (nSPS) is 9.71. The van der Waals surface area contributed by atoms with Crippen LogP contribution < -0.4 is 0 Å². The second kappa shape index (κ2) is 3.91. The lowest BCUT2D eigenvalue weighted by atomic mass is 10.7. The fraction of sp³-hybridized carbons (Fsp3) is 0. The number of halogens is 1. The molecule has 0 saturated heterocycles. The van der Waals surface area contributed by atoms with Crippen molar-refractivity contribution in [3.63, 3.8) is 0 Å². The predicted octanol–water partition coefficient (Wildman–Crippen LogP) is 0.901. The van der Waals surface area contributed by atoms with Crippen molar-refractivity contribution in [1.29, 1.82) is 0 Å². The summed E-state index contributed by atoms with van der Waals surface area (Å²) in [6.45, 7) is 0. The van der Waals surface area contributed by atoms with Gasteiger partial charge in [-0.3, -0.25) is 3.07 Å². The summed E-state index contributed by atoms with van der Waals surface area (Å²) in [7, 11) is 0. The minimum absolute atomic E-state index is 0.875. The lowest BCUT2D eigenvalue weighted by Crippen LogP contribution is -1.83. The average molecular weight is 214 g/mol. The third-order valence-electron chi connectivity index (χ3n) is 0.257. The van der Waals surface area contributed by atoms with E-state index in [1.165, 1.54) is 0 Å². The van der Waals surface area contributed by atoms with Crippen molar-refractivity contribution in [3.05, 3.63) is 10.2 Å². The molecule has 0 fully saturated rings. The molecule has 0 bridgehead atoms. The Hall–Kier alpha value is -0.260. The number of aliphatic carboxylic acids is 1. The zero-order valence-corrected chi connectivity index (χ0v) is 5.45. The van der Waals surface area contributed by atoms with Gasteiger partial charge in [0.15, 0.2) is 21.2 Å². The van der Waals surface area contributed by atoms with E-state index in [1.807, 2.05) is 0 Å². The zero-order chi connectivity index (χ0) is 5.70. The van der Waals surface area contributed by atoms with Gasteiger partial charge in [0, 0.05) is 10.2 Å². The molecule has 7 heavy (non-hydrogen) atoms. The fourth-order valence-corrected chi connectivity index (χ4v) is 0.534. The van der Waals surface area contributed by atoms with E-state index in [9.17, 15) is 7.86 Å². The van der Waals surface area contributed by atoms with Crippen LogP contribution in [-0.4, -0.2) is 11.1 Å². The number of rotatable bonds is 2. The maximum atomic E-state index is 9.59. The van der Waals surface area contributed by atoms with Gasteiger partial charge in [-0.25, -0.2) is 4.79 Å². The summed E-state index contributed by atoms with van der Waals surface area (Å²) >= 11 is -1.24. The standard InChI is InChI=1S/C3H3IO3/c5-3(6)1-2-4-7/h1-2H,(H,5,6)/b2-1+. The Labute approximate surface area is 50.7 Å². The molecule has 0 unspecified atom stereocenters. The van der Waals surface area contributed by atoms with E-state index >= 15 is 0 Å². The summed E-state index contributed by atoms with van der Waals surface area (Å²) in [4.78, 5) is 9.55. The Balaban J connectivity index is 3.46. The predicted molar refractivity (Wildman–Crippen MR) is 31.5 cm³/mol. The smallest absolute Gasteiger partial charge is 0.328 e. The van der Waals surface area contributed by atoms with E-state index in [0.29, 0.717) is 0 Å². The molecular formula is C3H3IO3. The van der Waals surface area contributed by atoms with Gasteiger partial charge in [0.25, 0.3) is 0 Å². The second-order valence-electron chi connectivity index (χ2n) is 0.720. The topological polar surface area (TPSA) is 54.4 Å². The first-order valence-corrected chi connectivity index (χ1v) is 3.55. The van der Waals surface area contributed by atoms with E-state index < -0.39 is 27.2 Å². The third-order valence-corrected chi connectivity index (χ3v) is 0.910. The Morgan fingerprint density at radius 3 is 2.43 bits per heavy atom. The van der Waals surface area contributed by atoms with Crippen LogP contribution >= 0.6 is 21.2 Å². The van der Waals surface area contributed by atoms with Crippen LogP contribution in [0.15, 0.2) is 10.2 Å². The first kappa shape index (κ1) is 6.74. The molecule has 0 aliphatic carbocycles. The highest BCUT2D eigenvalue weighted by Gasteiger charge is 1.80. The van der Waals surface area contributed by atoms with Crippen LogP contribution in [0, 0.1) is 0 Å². The molecule has 0 amide bonds. The monoisotopic (exact) mass is 214 g/mol. The van der Waals surface area contributed by atoms with Crippen LogP contribution in [0.25, 0.3) is 0 Å². The number of hydrogen-bond donors (Lipinski definition) is 1. The van der Waals surface area contributed by atoms with Gasteiger partial charge >= 0.3 is 5.97 Å². The number of carbonyl (C=O) groups is 1. The quantitative estimate of drug-likeness (QED) is 0.548. The fourth-order valence-electron chi connectivity index (χ4n) is 0.0796. The molecule has 0 aromatic carbocycles. The molecule has 0 aliphatic rings. The van der Waals surface area contributed by atoms with Gasteiger partial charge in [-0.05, 0) is 0 Å². The highest BCUT2D eigenvalue weighted by atomic mass is 127. The van der Waals surface area contributed by atoms with Crippen LogP contribution in [0.2, 0.25) is 0 Å². The molecule has 0 aliphatic heterocycles. The highest BCUT2D eigenvalue weighted by Crippen LogP contribution is 1.91. The van der Waals surface area contributed by atoms with E-state index in [-0.39, 0.29) is 0 Å². The van der Waals surface area contributed by atoms with Crippen LogP contribution in [0.1, 0.15) is 0 Å². The van der Waals surface area contributed by atoms with E-state index in [1.54, 1.807) is 0 Å². The van der Waals surface area contributed by atoms with E-state index in [0.717, 1.165) is 10.2 Å². The molecule has 0 aromatic heterocycles. The van der Waals surface area contributed by atoms with Crippen molar-refractivity contribution in [2.24, 2.45) is 0 Å². The largest absolute Gasteiger partial charge is 0.478 e. The van der Waals surface area contributed by atoms with Gasteiger partial charge in [-0.1, -0.05) is 0 Å². The molecule has 0 atom stereocenters. The lowest BCUT2D eigenvalue weighted by Gasteiger charge is -1.67. The summed E-state index contributed by atoms with van der Waals surface area (Å²) < 4.78 is 10.7. The molecular weight excluding hydrogens is 211 g/mol. The van der Waals surface area contributed by atoms with Crippen molar-refractivity contribution in [3.8, 4) is 0 Å². The van der Waals surface area contributed by atoms with Crippen LogP contribution in [0.5, 0.6) is 0 Å². The highest BCUT2D eigenvalue weighted by molar-refractivity contribution is 14.2. The Morgan fingerprint density at radius 1 is 1.71 bits per heavy atom. The van der Waals surface area contributed by atoms with Gasteiger partial charge in [-0.2, -0.15) is 0 Å². The van der Waals surface area contributed by atoms with Crippen LogP contribution in [0.4, 0.5) is 0 Å². The minimum atomic E-state index is -1.24. The van der Waals surface area contributed by atoms with Crippen LogP contribution in [0.3, 0.4) is 0 Å². The van der Waals surface area contributed by atoms with Gasteiger partial charge < -0.3 is 5.11 Å². The minimum Gasteiger partial charge on any atom is -0.478 e. The molecule has 0 radical (unpaired) electrons. The maximum Gasteiger partial charge on any atom is 0.328 e. The molecule has 40 valence electrons. The molecule has 3 nitrogen and oxygen atoms in total. The van der Waals surface area contributed by atoms with E-state index in [4.69, 9.17) is 5.11 Å². The average Bonchev–Trinajstić information content (AvgIpc) is 1.61. The lowest BCUT2D eigenvalue weighted by molar-refractivity contribution is -0.131. The molecule has 0 spiro atoms. The number of hydrogen-bond acceptors (Lipinski definition) is 2. The first-order chi connectivity index (χ1) is 3.27. The van der Waals surface area contributed by atoms with Crippen molar-refractivity contribution < 1.29 is 13.0 Å². The van der Waals surface area contributed by atoms with Crippen molar-refractivity contribution in [2.75, 3.05) is 0 Å². The number of carboxylic acid groups (broad SMARTS) is 1. The van der Waals surface area contributed by atoms with Crippen molar-refractivity contribution in [1.82, 2.24) is 0 Å². The van der Waals surface area contributed by atoms with Crippen molar-refractivity contribution in [2.45, 2.75) is 0 Å². The summed E-state index contributed by atoms with van der Waals surface area (Å²) in [5.41, 5.74) is 0. The third kappa shape index (κ3) is 5.74. The summed E-state index contributed by atoms with van der Waals surface area (Å²) in [5, 5.41) is 7.84. The summed E-state index contributed by atoms with van der Waals surface area (Å²) in [6.07, 6.45) is 0.875. The van der Waals surface area contributed by atoms with Gasteiger partial charge in [0.1, 0.15) is 0 Å². The van der Waals surface area contributed by atoms with E-state index in [2.05, 4.69) is 0 Å². The molecule has 4 heteroatoms. The summed E-state index contributed by atoms with van der Waals surface area (Å²) in [6, 6.07) is 0. The molecule has 0 aromatic rings. The maximum absolute atomic E-state index is 9.59. The first-order valence-electron chi connectivity index (χ1n) is 1.42. The van der Waals surface area contributed by atoms with Crippen molar-refractivity contribution >= 4 is 27.2 Å². The van der Waals surface area contributed by atoms with Crippen LogP contribution in [-0.2, 0) is 7.86 Å². The zero-order valence-electron chi connectivity index (χ0n) is 3.30. The molecule has 0 saturated carbocycles. The Kier molecular flexibility index (Phi) is 3.77. The number of carboxylic acids is 1. The molecule has 0 rings (SSSR count). The van der Waals surface area contributed by atoms with Gasteiger partial charge in [0.05, 0.1) is 0 Å². The van der Waals surface area contributed by atoms with Gasteiger partial charge in [-0.15, -0.1) is 0 Å². The SMILES string of the molecule is O=I/C=C/C(=O)O. The molecule has 1 N–H and O–H groups in total. The second-order valence-corrected chi connectivity index (χ2v) is 1.95. The molecule has 0 heterocycles. The Bertz CT molecular complexity index is 107. The summed E-state index contributed by atoms with van der Waals surface area (Å²) in [5.74, 6) is -1.05. The Morgan fingerprint density at radius 2 is 2.29 bits per heavy atom.